The fourth-order valence-corrected chi connectivity index (χ4v) is 4.91. The van der Waals surface area contributed by atoms with E-state index in [1.165, 1.54) is 0 Å². The van der Waals surface area contributed by atoms with Crippen LogP contribution in [0.15, 0.2) is 121 Å². The fourth-order valence-electron chi connectivity index (χ4n) is 4.91. The minimum absolute atomic E-state index is 0. The second-order valence-electron chi connectivity index (χ2n) is 16.9. The van der Waals surface area contributed by atoms with Crippen molar-refractivity contribution in [3.05, 3.63) is 121 Å². The van der Waals surface area contributed by atoms with Gasteiger partial charge >= 0.3 is 0 Å². The minimum atomic E-state index is -0.489. The van der Waals surface area contributed by atoms with Crippen LogP contribution in [0, 0.1) is 85.9 Å². The summed E-state index contributed by atoms with van der Waals surface area (Å²) in [5.74, 6) is 4.73. The third-order valence-electron chi connectivity index (χ3n) is 8.79. The Morgan fingerprint density at radius 2 is 0.614 bits per heavy atom. The molecule has 0 saturated heterocycles. The van der Waals surface area contributed by atoms with E-state index in [0.29, 0.717) is 38.3 Å². The van der Waals surface area contributed by atoms with Crippen LogP contribution in [0.5, 0.6) is 23.0 Å². The van der Waals surface area contributed by atoms with Gasteiger partial charge in [0.2, 0.25) is 0 Å². The molecule has 0 aliphatic rings. The summed E-state index contributed by atoms with van der Waals surface area (Å²) in [6.07, 6.45) is 2.60. The second kappa shape index (κ2) is 50.3. The Labute approximate surface area is 466 Å². The first-order valence-corrected chi connectivity index (χ1v) is 24.0. The Morgan fingerprint density at radius 3 is 0.871 bits per heavy atom. The molecule has 0 aliphatic heterocycles. The van der Waals surface area contributed by atoms with E-state index in [4.69, 9.17) is 58.2 Å². The van der Waals surface area contributed by atoms with E-state index in [1.807, 2.05) is 135 Å². The summed E-state index contributed by atoms with van der Waals surface area (Å²) < 4.78 is 32.8. The van der Waals surface area contributed by atoms with Crippen LogP contribution in [0.4, 0.5) is 0 Å². The molecule has 4 aromatic rings. The average molecular weight is 1430 g/mol. The normalized spacial score (nSPS) is 12.2. The Kier molecular flexibility index (Phi) is 50.2. The van der Waals surface area contributed by atoms with Gasteiger partial charge in [-0.3, -0.25) is 0 Å². The number of hydrogen-bond donors (Lipinski definition) is 4. The number of aliphatic hydroxyl groups is 4. The molecule has 0 fully saturated rings. The number of unbranched alkanes of at least 4 members (excludes halogenated alkanes) is 2. The monoisotopic (exact) mass is 1430 g/mol. The third-order valence-corrected chi connectivity index (χ3v) is 8.79. The van der Waals surface area contributed by atoms with E-state index < -0.39 is 12.2 Å². The van der Waals surface area contributed by atoms with E-state index >= 15 is 0 Å². The zero-order valence-corrected chi connectivity index (χ0v) is 50.9. The molecule has 0 bridgehead atoms. The van der Waals surface area contributed by atoms with E-state index in [-0.39, 0.29) is 114 Å². The number of hydrogen-bond acceptors (Lipinski definition) is 14. The van der Waals surface area contributed by atoms with Crippen LogP contribution in [0.2, 0.25) is 0 Å². The zero-order chi connectivity index (χ0) is 49.7. The smallest absolute Gasteiger partial charge is 0.150 e. The van der Waals surface area contributed by atoms with Gasteiger partial charge in [0.1, 0.15) is 48.4 Å². The molecule has 0 aliphatic carbocycles. The van der Waals surface area contributed by atoms with Crippen LogP contribution in [-0.2, 0) is 29.0 Å². The van der Waals surface area contributed by atoms with Gasteiger partial charge in [-0.05, 0) is 86.1 Å². The molecule has 0 aromatic heterocycles. The molecule has 4 rings (SSSR count). The number of rotatable bonds is 34. The standard InChI is InChI=1S/2C17H28O5.2C10H14O2.2U/c2*1-15(2)13-19-10-6-7-11-21-22-17(12-18)14-20-16-8-4-3-5-9-16;2*1-9(7-11)8-12-10-5-3-2-4-6-10;;/h2*3-5,8-9,15,17-18H,6-7,10-14H2,1-2H3;2*2-6,9,11H,7-8H2,1H3;;. The molecule has 4 atom stereocenters. The van der Waals surface area contributed by atoms with Crippen LogP contribution >= 0.6 is 0 Å². The first-order valence-electron chi connectivity index (χ1n) is 24.0. The summed E-state index contributed by atoms with van der Waals surface area (Å²) in [6, 6.07) is 38.1. The van der Waals surface area contributed by atoms with Crippen molar-refractivity contribution in [1.82, 2.24) is 0 Å². The van der Waals surface area contributed by atoms with Crippen molar-refractivity contribution in [2.24, 2.45) is 23.7 Å². The molecule has 392 valence electrons. The largest absolute Gasteiger partial charge is 0.493 e. The molecule has 4 N–H and O–H groups in total. The van der Waals surface area contributed by atoms with Crippen molar-refractivity contribution < 1.29 is 131 Å². The molecule has 70 heavy (non-hydrogen) atoms. The van der Waals surface area contributed by atoms with Crippen molar-refractivity contribution in [1.29, 1.82) is 0 Å². The molecular formula is C54H84O14U2. The van der Waals surface area contributed by atoms with Crippen LogP contribution in [0.3, 0.4) is 0 Å². The minimum Gasteiger partial charge on any atom is -0.493 e. The second-order valence-corrected chi connectivity index (χ2v) is 16.9. The maximum absolute atomic E-state index is 9.22. The SMILES string of the molecule is CC(C)COCCCCOOC(CO)COc1ccccc1.CC(C)COCCCCOOC(CO)COc1ccccc1.CC(CO)COc1ccccc1.CC(CO)COc1ccccc1.[U].[U]. The Bertz CT molecular complexity index is 1500. The summed E-state index contributed by atoms with van der Waals surface area (Å²) in [6.45, 7) is 18.1. The van der Waals surface area contributed by atoms with E-state index in [1.54, 1.807) is 0 Å². The number of ether oxygens (including phenoxy) is 6. The Morgan fingerprint density at radius 1 is 0.343 bits per heavy atom. The molecule has 14 nitrogen and oxygen atoms in total. The summed E-state index contributed by atoms with van der Waals surface area (Å²) in [5.41, 5.74) is 0. The van der Waals surface area contributed by atoms with Gasteiger partial charge in [-0.2, -0.15) is 0 Å². The van der Waals surface area contributed by atoms with Crippen LogP contribution in [0.25, 0.3) is 0 Å². The summed E-state index contributed by atoms with van der Waals surface area (Å²) in [4.78, 5) is 20.5. The van der Waals surface area contributed by atoms with E-state index in [0.717, 1.165) is 75.1 Å². The van der Waals surface area contributed by atoms with Crippen LogP contribution < -0.4 is 18.9 Å². The van der Waals surface area contributed by atoms with Gasteiger partial charge in [-0.1, -0.05) is 114 Å². The van der Waals surface area contributed by atoms with Gasteiger partial charge in [0.15, 0.2) is 0 Å². The van der Waals surface area contributed by atoms with Gasteiger partial charge in [0.05, 0.1) is 39.6 Å². The van der Waals surface area contributed by atoms with Gasteiger partial charge < -0.3 is 48.8 Å². The predicted molar refractivity (Wildman–Crippen MR) is 266 cm³/mol. The van der Waals surface area contributed by atoms with E-state index in [2.05, 4.69) is 27.7 Å². The molecule has 0 saturated carbocycles. The van der Waals surface area contributed by atoms with Crippen LogP contribution in [0.1, 0.15) is 67.2 Å². The molecule has 16 heteroatoms. The fraction of sp³-hybridized carbons (Fsp3) is 0.556. The molecule has 0 spiro atoms. The zero-order valence-electron chi connectivity index (χ0n) is 42.6. The third kappa shape index (κ3) is 43.4. The van der Waals surface area contributed by atoms with Crippen molar-refractivity contribution >= 4 is 0 Å². The Hall–Kier alpha value is -2.22. The van der Waals surface area contributed by atoms with Gasteiger partial charge in [0.25, 0.3) is 0 Å². The van der Waals surface area contributed by atoms with Crippen molar-refractivity contribution in [3.8, 4) is 23.0 Å². The Balaban J connectivity index is 0. The van der Waals surface area contributed by atoms with Gasteiger partial charge in [0, 0.05) is 114 Å². The van der Waals surface area contributed by atoms with Crippen LogP contribution in [-0.4, -0.2) is 125 Å². The maximum Gasteiger partial charge on any atom is 0.150 e. The maximum atomic E-state index is 9.22. The quantitative estimate of drug-likeness (QED) is 0.0198. The van der Waals surface area contributed by atoms with Gasteiger partial charge in [-0.25, -0.2) is 19.6 Å². The first-order chi connectivity index (χ1) is 33.1. The molecule has 0 radical (unpaired) electrons. The summed E-state index contributed by atoms with van der Waals surface area (Å²) in [5, 5.41) is 35.9. The topological polar surface area (TPSA) is 173 Å². The summed E-state index contributed by atoms with van der Waals surface area (Å²) in [7, 11) is 0. The molecule has 4 aromatic carbocycles. The van der Waals surface area contributed by atoms with Crippen molar-refractivity contribution in [2.75, 3.05) is 92.5 Å². The molecule has 0 heterocycles. The number of benzene rings is 4. The molecule has 4 unspecified atom stereocenters. The first kappa shape index (κ1) is 69.9. The number of para-hydroxylation sites is 4. The van der Waals surface area contributed by atoms with Crippen molar-refractivity contribution in [3.63, 3.8) is 0 Å². The average Bonchev–Trinajstić information content (AvgIpc) is 3.37. The summed E-state index contributed by atoms with van der Waals surface area (Å²) >= 11 is 0. The van der Waals surface area contributed by atoms with E-state index in [9.17, 15) is 10.2 Å². The number of aliphatic hydroxyl groups excluding tert-OH is 4. The van der Waals surface area contributed by atoms with Gasteiger partial charge in [-0.15, -0.1) is 0 Å². The van der Waals surface area contributed by atoms with Crippen molar-refractivity contribution in [2.45, 2.75) is 79.4 Å². The molecular weight excluding hydrogens is 1350 g/mol. The molecule has 0 amide bonds. The predicted octanol–water partition coefficient (Wildman–Crippen LogP) is 9.04.